The van der Waals surface area contributed by atoms with Gasteiger partial charge in [-0.3, -0.25) is 9.59 Å². The third-order valence-corrected chi connectivity index (χ3v) is 5.29. The zero-order valence-corrected chi connectivity index (χ0v) is 17.0. The minimum Gasteiger partial charge on any atom is -0.480 e. The Morgan fingerprint density at radius 1 is 1.07 bits per heavy atom. The lowest BCUT2D eigenvalue weighted by Crippen LogP contribution is -2.48. The number of hydrogen-bond donors (Lipinski definition) is 1. The summed E-state index contributed by atoms with van der Waals surface area (Å²) in [5.74, 6) is -1.32. The van der Waals surface area contributed by atoms with Gasteiger partial charge in [0.25, 0.3) is 5.91 Å². The van der Waals surface area contributed by atoms with Gasteiger partial charge < -0.3 is 14.9 Å². The molecule has 0 fully saturated rings. The summed E-state index contributed by atoms with van der Waals surface area (Å²) in [5, 5.41) is 9.64. The van der Waals surface area contributed by atoms with Gasteiger partial charge in [-0.15, -0.1) is 0 Å². The first-order valence-electron chi connectivity index (χ1n) is 9.72. The molecule has 1 N–H and O–H groups in total. The second kappa shape index (κ2) is 8.47. The molecule has 29 heavy (non-hydrogen) atoms. The molecule has 2 aromatic rings. The molecular formula is C23H26N2O4. The van der Waals surface area contributed by atoms with E-state index in [1.54, 1.807) is 24.1 Å². The smallest absolute Gasteiger partial charge is 0.326 e. The third kappa shape index (κ3) is 4.47. The molecule has 1 atom stereocenters. The number of amides is 2. The van der Waals surface area contributed by atoms with E-state index in [4.69, 9.17) is 0 Å². The van der Waals surface area contributed by atoms with E-state index in [0.29, 0.717) is 18.5 Å². The normalized spacial score (nSPS) is 15.7. The third-order valence-electron chi connectivity index (χ3n) is 5.29. The van der Waals surface area contributed by atoms with Gasteiger partial charge in [-0.2, -0.15) is 0 Å². The second-order valence-corrected chi connectivity index (χ2v) is 7.81. The van der Waals surface area contributed by atoms with Crippen LogP contribution in [0.3, 0.4) is 0 Å². The molecule has 2 amide bonds. The quantitative estimate of drug-likeness (QED) is 0.846. The molecule has 0 spiro atoms. The number of benzene rings is 2. The number of fused-ring (bicyclic) bond motifs is 1. The van der Waals surface area contributed by atoms with Crippen LogP contribution in [0.15, 0.2) is 48.5 Å². The molecule has 0 saturated carbocycles. The fourth-order valence-corrected chi connectivity index (χ4v) is 3.67. The maximum Gasteiger partial charge on any atom is 0.326 e. The minimum atomic E-state index is -1.00. The first kappa shape index (κ1) is 20.6. The summed E-state index contributed by atoms with van der Waals surface area (Å²) < 4.78 is 0. The van der Waals surface area contributed by atoms with Crippen molar-refractivity contribution in [1.82, 2.24) is 9.80 Å². The summed E-state index contributed by atoms with van der Waals surface area (Å²) >= 11 is 0. The number of carboxylic acids is 1. The predicted octanol–water partition coefficient (Wildman–Crippen LogP) is 2.95. The lowest BCUT2D eigenvalue weighted by atomic mass is 9.93. The average molecular weight is 394 g/mol. The van der Waals surface area contributed by atoms with E-state index in [9.17, 15) is 19.5 Å². The van der Waals surface area contributed by atoms with Crippen LogP contribution in [-0.4, -0.2) is 45.8 Å². The van der Waals surface area contributed by atoms with Crippen LogP contribution in [0.25, 0.3) is 0 Å². The lowest BCUT2D eigenvalue weighted by molar-refractivity contribution is -0.142. The summed E-state index contributed by atoms with van der Waals surface area (Å²) in [5.41, 5.74) is 3.30. The largest absolute Gasteiger partial charge is 0.480 e. The van der Waals surface area contributed by atoms with E-state index >= 15 is 0 Å². The van der Waals surface area contributed by atoms with E-state index in [-0.39, 0.29) is 24.3 Å². The molecule has 1 aliphatic heterocycles. The second-order valence-electron chi connectivity index (χ2n) is 7.81. The Kier molecular flexibility index (Phi) is 6.01. The summed E-state index contributed by atoms with van der Waals surface area (Å²) in [6, 6.07) is 13.8. The predicted molar refractivity (Wildman–Crippen MR) is 109 cm³/mol. The molecular weight excluding hydrogens is 368 g/mol. The first-order chi connectivity index (χ1) is 13.8. The van der Waals surface area contributed by atoms with Gasteiger partial charge in [-0.05, 0) is 28.8 Å². The number of carbonyl (C=O) groups is 3. The molecule has 152 valence electrons. The molecule has 0 aromatic heterocycles. The Morgan fingerprint density at radius 2 is 1.69 bits per heavy atom. The van der Waals surface area contributed by atoms with Gasteiger partial charge in [-0.25, -0.2) is 4.79 Å². The SMILES string of the molecule is CC(C)C(=O)N(C)Cc1ccc(C(=O)N2Cc3ccccc3CC2C(=O)O)cc1. The fourth-order valence-electron chi connectivity index (χ4n) is 3.67. The molecule has 1 aliphatic rings. The Hall–Kier alpha value is -3.15. The van der Waals surface area contributed by atoms with E-state index in [2.05, 4.69) is 0 Å². The molecule has 0 saturated heterocycles. The van der Waals surface area contributed by atoms with Crippen molar-refractivity contribution in [3.8, 4) is 0 Å². The highest BCUT2D eigenvalue weighted by atomic mass is 16.4. The van der Waals surface area contributed by atoms with Crippen molar-refractivity contribution in [2.75, 3.05) is 7.05 Å². The van der Waals surface area contributed by atoms with Gasteiger partial charge in [0.2, 0.25) is 5.91 Å². The van der Waals surface area contributed by atoms with Gasteiger partial charge in [0.05, 0.1) is 0 Å². The van der Waals surface area contributed by atoms with Crippen LogP contribution in [-0.2, 0) is 29.1 Å². The van der Waals surface area contributed by atoms with Crippen molar-refractivity contribution in [3.05, 3.63) is 70.8 Å². The van der Waals surface area contributed by atoms with Gasteiger partial charge in [0.1, 0.15) is 6.04 Å². The number of carbonyl (C=O) groups excluding carboxylic acids is 2. The molecule has 0 aliphatic carbocycles. The van der Waals surface area contributed by atoms with E-state index < -0.39 is 12.0 Å². The minimum absolute atomic E-state index is 0.0569. The molecule has 6 heteroatoms. The van der Waals surface area contributed by atoms with Gasteiger partial charge in [-0.1, -0.05) is 50.2 Å². The van der Waals surface area contributed by atoms with E-state index in [1.807, 2.05) is 50.2 Å². The zero-order valence-electron chi connectivity index (χ0n) is 17.0. The molecule has 3 rings (SSSR count). The molecule has 0 bridgehead atoms. The van der Waals surface area contributed by atoms with Crippen molar-refractivity contribution in [2.45, 2.75) is 39.4 Å². The lowest BCUT2D eigenvalue weighted by Gasteiger charge is -2.34. The highest BCUT2D eigenvalue weighted by Gasteiger charge is 2.34. The average Bonchev–Trinajstić information content (AvgIpc) is 2.72. The Morgan fingerprint density at radius 3 is 2.28 bits per heavy atom. The molecule has 0 radical (unpaired) electrons. The van der Waals surface area contributed by atoms with Crippen LogP contribution >= 0.6 is 0 Å². The Bertz CT molecular complexity index is 921. The standard InChI is InChI=1S/C23H26N2O4/c1-15(2)21(26)24(3)13-16-8-10-17(11-9-16)22(27)25-14-19-7-5-4-6-18(19)12-20(25)23(28)29/h4-11,15,20H,12-14H2,1-3H3,(H,28,29). The van der Waals surface area contributed by atoms with Crippen LogP contribution in [0.5, 0.6) is 0 Å². The highest BCUT2D eigenvalue weighted by Crippen LogP contribution is 2.25. The van der Waals surface area contributed by atoms with Crippen LogP contribution in [0.1, 0.15) is 40.9 Å². The van der Waals surface area contributed by atoms with Crippen LogP contribution in [0.4, 0.5) is 0 Å². The van der Waals surface area contributed by atoms with Gasteiger partial charge in [0.15, 0.2) is 0 Å². The maximum atomic E-state index is 13.1. The summed E-state index contributed by atoms with van der Waals surface area (Å²) in [4.78, 5) is 39.9. The summed E-state index contributed by atoms with van der Waals surface area (Å²) in [7, 11) is 1.75. The van der Waals surface area contributed by atoms with Crippen LogP contribution in [0, 0.1) is 5.92 Å². The van der Waals surface area contributed by atoms with Crippen molar-refractivity contribution < 1.29 is 19.5 Å². The Labute approximate surface area is 170 Å². The Balaban J connectivity index is 1.77. The van der Waals surface area contributed by atoms with Crippen molar-refractivity contribution in [3.63, 3.8) is 0 Å². The maximum absolute atomic E-state index is 13.1. The number of carboxylic acid groups (broad SMARTS) is 1. The number of rotatable bonds is 5. The van der Waals surface area contributed by atoms with Crippen LogP contribution < -0.4 is 0 Å². The van der Waals surface area contributed by atoms with Crippen molar-refractivity contribution >= 4 is 17.8 Å². The highest BCUT2D eigenvalue weighted by molar-refractivity contribution is 5.97. The van der Waals surface area contributed by atoms with Crippen LogP contribution in [0.2, 0.25) is 0 Å². The van der Waals surface area contributed by atoms with E-state index in [0.717, 1.165) is 16.7 Å². The molecule has 6 nitrogen and oxygen atoms in total. The summed E-state index contributed by atoms with van der Waals surface area (Å²) in [6.07, 6.45) is 0.303. The fraction of sp³-hybridized carbons (Fsp3) is 0.348. The topological polar surface area (TPSA) is 77.9 Å². The molecule has 1 unspecified atom stereocenters. The first-order valence-corrected chi connectivity index (χ1v) is 9.72. The van der Waals surface area contributed by atoms with Crippen molar-refractivity contribution in [2.24, 2.45) is 5.92 Å². The number of nitrogens with zero attached hydrogens (tertiary/aromatic N) is 2. The monoisotopic (exact) mass is 394 g/mol. The van der Waals surface area contributed by atoms with Gasteiger partial charge in [0, 0.05) is 38.0 Å². The van der Waals surface area contributed by atoms with E-state index in [1.165, 1.54) is 4.90 Å². The number of hydrogen-bond acceptors (Lipinski definition) is 3. The van der Waals surface area contributed by atoms with Gasteiger partial charge >= 0.3 is 5.97 Å². The summed E-state index contributed by atoms with van der Waals surface area (Å²) in [6.45, 7) is 4.45. The molecule has 1 heterocycles. The van der Waals surface area contributed by atoms with Crippen molar-refractivity contribution in [1.29, 1.82) is 0 Å². The number of aliphatic carboxylic acids is 1. The molecule has 2 aromatic carbocycles. The zero-order chi connectivity index (χ0) is 21.1.